The Morgan fingerprint density at radius 3 is 2.90 bits per heavy atom. The molecular formula is C12H14N6O2. The standard InChI is InChI=1S/C12H14N6O2/c1-2-7-17-10(15-8-11(17)18(19)20)4-3-9-5-6-14-12(13)16-9/h3-6,8H,2,7H2,1H3,(H2,13,14,16)/b4-3+. The molecule has 0 aliphatic rings. The minimum atomic E-state index is -0.442. The highest BCUT2D eigenvalue weighted by Crippen LogP contribution is 2.16. The number of rotatable bonds is 5. The minimum absolute atomic E-state index is 0.0197. The van der Waals surface area contributed by atoms with Crippen molar-refractivity contribution in [3.8, 4) is 0 Å². The zero-order valence-electron chi connectivity index (χ0n) is 10.9. The van der Waals surface area contributed by atoms with E-state index >= 15 is 0 Å². The van der Waals surface area contributed by atoms with E-state index in [2.05, 4.69) is 15.0 Å². The molecule has 2 N–H and O–H groups in total. The molecule has 8 heteroatoms. The molecular weight excluding hydrogens is 260 g/mol. The van der Waals surface area contributed by atoms with Crippen molar-refractivity contribution in [2.75, 3.05) is 5.73 Å². The molecule has 104 valence electrons. The van der Waals surface area contributed by atoms with Crippen LogP contribution in [0.3, 0.4) is 0 Å². The third-order valence-electron chi connectivity index (χ3n) is 2.60. The zero-order chi connectivity index (χ0) is 14.5. The molecule has 0 saturated carbocycles. The van der Waals surface area contributed by atoms with E-state index in [1.165, 1.54) is 6.20 Å². The molecule has 0 aliphatic heterocycles. The molecule has 0 spiro atoms. The summed E-state index contributed by atoms with van der Waals surface area (Å²) in [7, 11) is 0. The van der Waals surface area contributed by atoms with Crippen LogP contribution in [0.2, 0.25) is 0 Å². The molecule has 0 atom stereocenters. The molecule has 2 aromatic heterocycles. The van der Waals surface area contributed by atoms with Crippen molar-refractivity contribution in [2.45, 2.75) is 19.9 Å². The topological polar surface area (TPSA) is 113 Å². The van der Waals surface area contributed by atoms with Crippen molar-refractivity contribution >= 4 is 23.9 Å². The third kappa shape index (κ3) is 2.97. The lowest BCUT2D eigenvalue weighted by Gasteiger charge is -2.00. The van der Waals surface area contributed by atoms with E-state index in [0.29, 0.717) is 18.1 Å². The van der Waals surface area contributed by atoms with Crippen molar-refractivity contribution in [3.05, 3.63) is 40.1 Å². The van der Waals surface area contributed by atoms with Crippen LogP contribution in [0.5, 0.6) is 0 Å². The first-order valence-corrected chi connectivity index (χ1v) is 6.08. The molecule has 0 fully saturated rings. The van der Waals surface area contributed by atoms with Gasteiger partial charge in [-0.2, -0.15) is 0 Å². The maximum Gasteiger partial charge on any atom is 0.343 e. The van der Waals surface area contributed by atoms with E-state index in [4.69, 9.17) is 5.73 Å². The Morgan fingerprint density at radius 1 is 1.45 bits per heavy atom. The normalized spacial score (nSPS) is 11.1. The molecule has 2 rings (SSSR count). The average molecular weight is 274 g/mol. The van der Waals surface area contributed by atoms with Crippen LogP contribution in [-0.4, -0.2) is 24.4 Å². The van der Waals surface area contributed by atoms with Gasteiger partial charge in [0.1, 0.15) is 6.20 Å². The van der Waals surface area contributed by atoms with Gasteiger partial charge in [-0.1, -0.05) is 6.92 Å². The van der Waals surface area contributed by atoms with Crippen LogP contribution in [0.25, 0.3) is 12.2 Å². The predicted octanol–water partition coefficient (Wildman–Crippen LogP) is 1.74. The van der Waals surface area contributed by atoms with Crippen LogP contribution >= 0.6 is 0 Å². The number of nitro groups is 1. The van der Waals surface area contributed by atoms with Crippen molar-refractivity contribution in [3.63, 3.8) is 0 Å². The smallest absolute Gasteiger partial charge is 0.343 e. The van der Waals surface area contributed by atoms with E-state index in [0.717, 1.165) is 6.42 Å². The monoisotopic (exact) mass is 274 g/mol. The van der Waals surface area contributed by atoms with Gasteiger partial charge in [0.05, 0.1) is 12.2 Å². The van der Waals surface area contributed by atoms with Gasteiger partial charge in [-0.25, -0.2) is 19.5 Å². The van der Waals surface area contributed by atoms with Gasteiger partial charge in [0.2, 0.25) is 11.8 Å². The van der Waals surface area contributed by atoms with Gasteiger partial charge >= 0.3 is 5.82 Å². The number of hydrogen-bond acceptors (Lipinski definition) is 6. The van der Waals surface area contributed by atoms with E-state index in [1.54, 1.807) is 29.0 Å². The second kappa shape index (κ2) is 5.91. The highest BCUT2D eigenvalue weighted by molar-refractivity contribution is 5.65. The first kappa shape index (κ1) is 13.7. The second-order valence-electron chi connectivity index (χ2n) is 4.06. The highest BCUT2D eigenvalue weighted by atomic mass is 16.6. The molecule has 20 heavy (non-hydrogen) atoms. The molecule has 0 amide bonds. The fourth-order valence-corrected chi connectivity index (χ4v) is 1.75. The van der Waals surface area contributed by atoms with Gasteiger partial charge in [0.25, 0.3) is 0 Å². The number of nitrogens with zero attached hydrogens (tertiary/aromatic N) is 5. The molecule has 0 aromatic carbocycles. The maximum absolute atomic E-state index is 10.9. The lowest BCUT2D eigenvalue weighted by atomic mass is 10.3. The maximum atomic E-state index is 10.9. The average Bonchev–Trinajstić information content (AvgIpc) is 2.80. The summed E-state index contributed by atoms with van der Waals surface area (Å²) < 4.78 is 1.56. The van der Waals surface area contributed by atoms with Crippen LogP contribution in [0.4, 0.5) is 11.8 Å². The third-order valence-corrected chi connectivity index (χ3v) is 2.60. The van der Waals surface area contributed by atoms with Gasteiger partial charge in [-0.3, -0.25) is 0 Å². The Balaban J connectivity index is 2.31. The highest BCUT2D eigenvalue weighted by Gasteiger charge is 2.17. The first-order valence-electron chi connectivity index (χ1n) is 6.08. The lowest BCUT2D eigenvalue weighted by molar-refractivity contribution is -0.392. The number of aromatic nitrogens is 4. The van der Waals surface area contributed by atoms with Gasteiger partial charge in [0.15, 0.2) is 0 Å². The summed E-state index contributed by atoms with van der Waals surface area (Å²) in [6.45, 7) is 2.48. The second-order valence-corrected chi connectivity index (χ2v) is 4.06. The summed E-state index contributed by atoms with van der Waals surface area (Å²) >= 11 is 0. The molecule has 0 saturated heterocycles. The molecule has 0 bridgehead atoms. The summed E-state index contributed by atoms with van der Waals surface area (Å²) in [5, 5.41) is 10.9. The van der Waals surface area contributed by atoms with Gasteiger partial charge in [0, 0.05) is 12.3 Å². The van der Waals surface area contributed by atoms with Crippen molar-refractivity contribution in [1.29, 1.82) is 0 Å². The Morgan fingerprint density at radius 2 is 2.25 bits per heavy atom. The van der Waals surface area contributed by atoms with Crippen LogP contribution in [0.15, 0.2) is 18.5 Å². The van der Waals surface area contributed by atoms with Crippen LogP contribution < -0.4 is 5.73 Å². The zero-order valence-corrected chi connectivity index (χ0v) is 10.9. The number of imidazole rings is 1. The minimum Gasteiger partial charge on any atom is -0.368 e. The van der Waals surface area contributed by atoms with Crippen LogP contribution in [0, 0.1) is 10.1 Å². The van der Waals surface area contributed by atoms with Gasteiger partial charge < -0.3 is 15.8 Å². The number of nitrogens with two attached hydrogens (primary N) is 1. The van der Waals surface area contributed by atoms with Crippen LogP contribution in [0.1, 0.15) is 24.9 Å². The van der Waals surface area contributed by atoms with Crippen molar-refractivity contribution in [2.24, 2.45) is 0 Å². The summed E-state index contributed by atoms with van der Waals surface area (Å²) in [6.07, 6.45) is 6.94. The Hall–Kier alpha value is -2.77. The largest absolute Gasteiger partial charge is 0.368 e. The van der Waals surface area contributed by atoms with Crippen molar-refractivity contribution in [1.82, 2.24) is 19.5 Å². The molecule has 0 radical (unpaired) electrons. The molecule has 2 aromatic rings. The van der Waals surface area contributed by atoms with Crippen LogP contribution in [-0.2, 0) is 6.54 Å². The lowest BCUT2D eigenvalue weighted by Crippen LogP contribution is -2.04. The summed E-state index contributed by atoms with van der Waals surface area (Å²) in [5.41, 5.74) is 6.10. The SMILES string of the molecule is CCCn1c([N+](=O)[O-])cnc1/C=C/c1ccnc(N)n1. The van der Waals surface area contributed by atoms with Gasteiger partial charge in [-0.05, 0) is 23.5 Å². The van der Waals surface area contributed by atoms with Crippen molar-refractivity contribution < 1.29 is 4.92 Å². The summed E-state index contributed by atoms with van der Waals surface area (Å²) in [5.74, 6) is 0.666. The number of nitrogen functional groups attached to an aromatic ring is 1. The molecule has 0 unspecified atom stereocenters. The number of hydrogen-bond donors (Lipinski definition) is 1. The fraction of sp³-hybridized carbons (Fsp3) is 0.250. The summed E-state index contributed by atoms with van der Waals surface area (Å²) in [4.78, 5) is 22.3. The Kier molecular flexibility index (Phi) is 4.04. The Labute approximate surface area is 115 Å². The Bertz CT molecular complexity index is 649. The van der Waals surface area contributed by atoms with E-state index < -0.39 is 4.92 Å². The molecule has 8 nitrogen and oxygen atoms in total. The number of anilines is 1. The van der Waals surface area contributed by atoms with E-state index in [9.17, 15) is 10.1 Å². The first-order chi connectivity index (χ1) is 9.61. The summed E-state index contributed by atoms with van der Waals surface area (Å²) in [6, 6.07) is 1.69. The van der Waals surface area contributed by atoms with Gasteiger partial charge in [-0.15, -0.1) is 0 Å². The predicted molar refractivity (Wildman–Crippen MR) is 74.5 cm³/mol. The molecule has 0 aliphatic carbocycles. The quantitative estimate of drug-likeness (QED) is 0.656. The molecule has 2 heterocycles. The van der Waals surface area contributed by atoms with E-state index in [1.807, 2.05) is 6.92 Å². The van der Waals surface area contributed by atoms with E-state index in [-0.39, 0.29) is 11.8 Å². The fourth-order valence-electron chi connectivity index (χ4n) is 1.75.